The highest BCUT2D eigenvalue weighted by Crippen LogP contribution is 2.25. The molecule has 0 bridgehead atoms. The SMILES string of the molecule is CCCOc1ccc(Cl)cc1C(=O)C(C)N1CCNCC1. The lowest BCUT2D eigenvalue weighted by Gasteiger charge is -2.32. The van der Waals surface area contributed by atoms with Crippen molar-refractivity contribution < 1.29 is 9.53 Å². The molecule has 1 fully saturated rings. The fourth-order valence-corrected chi connectivity index (χ4v) is 2.67. The summed E-state index contributed by atoms with van der Waals surface area (Å²) in [6, 6.07) is 5.11. The topological polar surface area (TPSA) is 41.6 Å². The maximum absolute atomic E-state index is 12.8. The van der Waals surface area contributed by atoms with E-state index in [4.69, 9.17) is 16.3 Å². The smallest absolute Gasteiger partial charge is 0.183 e. The van der Waals surface area contributed by atoms with E-state index < -0.39 is 0 Å². The maximum atomic E-state index is 12.8. The fourth-order valence-electron chi connectivity index (χ4n) is 2.49. The third kappa shape index (κ3) is 4.19. The molecule has 5 heteroatoms. The Balaban J connectivity index is 2.18. The predicted molar refractivity (Wildman–Crippen MR) is 85.5 cm³/mol. The lowest BCUT2D eigenvalue weighted by molar-refractivity contribution is 0.0816. The average Bonchev–Trinajstić information content (AvgIpc) is 2.53. The Labute approximate surface area is 131 Å². The highest BCUT2D eigenvalue weighted by Gasteiger charge is 2.26. The Morgan fingerprint density at radius 3 is 2.81 bits per heavy atom. The largest absolute Gasteiger partial charge is 0.493 e. The molecule has 0 saturated carbocycles. The third-order valence-corrected chi connectivity index (χ3v) is 3.98. The van der Waals surface area contributed by atoms with Gasteiger partial charge in [0.2, 0.25) is 0 Å². The molecule has 0 amide bonds. The van der Waals surface area contributed by atoms with Crippen LogP contribution in [0, 0.1) is 0 Å². The second kappa shape index (κ2) is 7.78. The number of ketones is 1. The average molecular weight is 311 g/mol. The van der Waals surface area contributed by atoms with E-state index in [2.05, 4.69) is 10.2 Å². The van der Waals surface area contributed by atoms with Gasteiger partial charge in [0, 0.05) is 31.2 Å². The van der Waals surface area contributed by atoms with Crippen LogP contribution in [0.3, 0.4) is 0 Å². The quantitative estimate of drug-likeness (QED) is 0.820. The molecule has 1 aliphatic rings. The Morgan fingerprint density at radius 1 is 1.43 bits per heavy atom. The summed E-state index contributed by atoms with van der Waals surface area (Å²) >= 11 is 6.05. The first-order valence-electron chi connectivity index (χ1n) is 7.54. The van der Waals surface area contributed by atoms with Crippen LogP contribution in [-0.4, -0.2) is 49.5 Å². The molecule has 1 saturated heterocycles. The van der Waals surface area contributed by atoms with Crippen LogP contribution in [0.5, 0.6) is 5.75 Å². The van der Waals surface area contributed by atoms with E-state index >= 15 is 0 Å². The van der Waals surface area contributed by atoms with E-state index in [0.29, 0.717) is 22.9 Å². The van der Waals surface area contributed by atoms with Gasteiger partial charge in [-0.1, -0.05) is 18.5 Å². The molecule has 0 aromatic heterocycles. The summed E-state index contributed by atoms with van der Waals surface area (Å²) in [4.78, 5) is 15.0. The molecular weight excluding hydrogens is 288 g/mol. The Bertz CT molecular complexity index is 487. The second-order valence-corrected chi connectivity index (χ2v) is 5.75. The monoisotopic (exact) mass is 310 g/mol. The van der Waals surface area contributed by atoms with Crippen molar-refractivity contribution in [1.82, 2.24) is 10.2 Å². The number of nitrogens with one attached hydrogen (secondary N) is 1. The van der Waals surface area contributed by atoms with Crippen LogP contribution in [0.1, 0.15) is 30.6 Å². The van der Waals surface area contributed by atoms with Crippen molar-refractivity contribution in [2.24, 2.45) is 0 Å². The number of Topliss-reactive ketones (excluding diaryl/α,β-unsaturated/α-hetero) is 1. The molecule has 1 aromatic carbocycles. The zero-order chi connectivity index (χ0) is 15.2. The highest BCUT2D eigenvalue weighted by atomic mass is 35.5. The lowest BCUT2D eigenvalue weighted by atomic mass is 10.0. The van der Waals surface area contributed by atoms with Gasteiger partial charge in [0.25, 0.3) is 0 Å². The van der Waals surface area contributed by atoms with Crippen LogP contribution in [0.4, 0.5) is 0 Å². The van der Waals surface area contributed by atoms with Gasteiger partial charge in [-0.25, -0.2) is 0 Å². The molecule has 1 N–H and O–H groups in total. The summed E-state index contributed by atoms with van der Waals surface area (Å²) in [5.41, 5.74) is 0.585. The van der Waals surface area contributed by atoms with Crippen molar-refractivity contribution in [2.45, 2.75) is 26.3 Å². The van der Waals surface area contributed by atoms with E-state index in [9.17, 15) is 4.79 Å². The zero-order valence-electron chi connectivity index (χ0n) is 12.7. The summed E-state index contributed by atoms with van der Waals surface area (Å²) < 4.78 is 5.69. The summed E-state index contributed by atoms with van der Waals surface area (Å²) in [7, 11) is 0. The van der Waals surface area contributed by atoms with Gasteiger partial charge >= 0.3 is 0 Å². The van der Waals surface area contributed by atoms with Crippen LogP contribution in [-0.2, 0) is 0 Å². The summed E-state index contributed by atoms with van der Waals surface area (Å²) in [5.74, 6) is 0.707. The molecule has 21 heavy (non-hydrogen) atoms. The van der Waals surface area contributed by atoms with Crippen molar-refractivity contribution >= 4 is 17.4 Å². The molecule has 0 radical (unpaired) electrons. The first-order chi connectivity index (χ1) is 10.1. The maximum Gasteiger partial charge on any atom is 0.183 e. The molecule has 0 aliphatic carbocycles. The van der Waals surface area contributed by atoms with E-state index in [1.54, 1.807) is 18.2 Å². The first kappa shape index (κ1) is 16.3. The molecular formula is C16H23ClN2O2. The summed E-state index contributed by atoms with van der Waals surface area (Å²) in [6.07, 6.45) is 0.906. The van der Waals surface area contributed by atoms with Gasteiger partial charge < -0.3 is 10.1 Å². The number of halogens is 1. The number of carbonyl (C=O) groups is 1. The number of hydrogen-bond donors (Lipinski definition) is 1. The molecule has 2 rings (SSSR count). The van der Waals surface area contributed by atoms with Gasteiger partial charge in [-0.3, -0.25) is 9.69 Å². The minimum Gasteiger partial charge on any atom is -0.493 e. The number of hydrogen-bond acceptors (Lipinski definition) is 4. The third-order valence-electron chi connectivity index (χ3n) is 3.75. The van der Waals surface area contributed by atoms with E-state index in [1.165, 1.54) is 0 Å². The van der Waals surface area contributed by atoms with E-state index in [0.717, 1.165) is 32.6 Å². The molecule has 0 spiro atoms. The van der Waals surface area contributed by atoms with Crippen molar-refractivity contribution in [3.8, 4) is 5.75 Å². The van der Waals surface area contributed by atoms with Gasteiger partial charge in [0.05, 0.1) is 18.2 Å². The zero-order valence-corrected chi connectivity index (χ0v) is 13.4. The number of carbonyl (C=O) groups excluding carboxylic acids is 1. The highest BCUT2D eigenvalue weighted by molar-refractivity contribution is 6.31. The minimum absolute atomic E-state index is 0.0745. The van der Waals surface area contributed by atoms with Gasteiger partial charge in [-0.2, -0.15) is 0 Å². The van der Waals surface area contributed by atoms with E-state index in [1.807, 2.05) is 13.8 Å². The molecule has 1 unspecified atom stereocenters. The Hall–Kier alpha value is -1.10. The fraction of sp³-hybridized carbons (Fsp3) is 0.562. The van der Waals surface area contributed by atoms with Crippen LogP contribution in [0.15, 0.2) is 18.2 Å². The number of piperazine rings is 1. The van der Waals surface area contributed by atoms with Crippen LogP contribution in [0.25, 0.3) is 0 Å². The predicted octanol–water partition coefficient (Wildman–Crippen LogP) is 2.61. The van der Waals surface area contributed by atoms with Gasteiger partial charge in [0.15, 0.2) is 5.78 Å². The Kier molecular flexibility index (Phi) is 6.03. The standard InChI is InChI=1S/C16H23ClN2O2/c1-3-10-21-15-5-4-13(17)11-14(15)16(20)12(2)19-8-6-18-7-9-19/h4-5,11-12,18H,3,6-10H2,1-2H3. The Morgan fingerprint density at radius 2 is 2.14 bits per heavy atom. The van der Waals surface area contributed by atoms with Crippen molar-refractivity contribution in [3.05, 3.63) is 28.8 Å². The van der Waals surface area contributed by atoms with Crippen LogP contribution < -0.4 is 10.1 Å². The van der Waals surface area contributed by atoms with Crippen molar-refractivity contribution in [2.75, 3.05) is 32.8 Å². The van der Waals surface area contributed by atoms with Crippen molar-refractivity contribution in [1.29, 1.82) is 0 Å². The van der Waals surface area contributed by atoms with Crippen LogP contribution >= 0.6 is 11.6 Å². The van der Waals surface area contributed by atoms with Crippen molar-refractivity contribution in [3.63, 3.8) is 0 Å². The number of nitrogens with zero attached hydrogens (tertiary/aromatic N) is 1. The first-order valence-corrected chi connectivity index (χ1v) is 7.92. The molecule has 116 valence electrons. The number of ether oxygens (including phenoxy) is 1. The minimum atomic E-state index is -0.158. The number of rotatable bonds is 6. The van der Waals surface area contributed by atoms with Gasteiger partial charge in [-0.15, -0.1) is 0 Å². The molecule has 1 aromatic rings. The molecule has 1 aliphatic heterocycles. The summed E-state index contributed by atoms with van der Waals surface area (Å²) in [5, 5.41) is 3.86. The normalized spacial score (nSPS) is 17.5. The number of benzene rings is 1. The lowest BCUT2D eigenvalue weighted by Crippen LogP contribution is -2.50. The van der Waals surface area contributed by atoms with Gasteiger partial charge in [0.1, 0.15) is 5.75 Å². The summed E-state index contributed by atoms with van der Waals surface area (Å²) in [6.45, 7) is 8.22. The van der Waals surface area contributed by atoms with E-state index in [-0.39, 0.29) is 11.8 Å². The van der Waals surface area contributed by atoms with Crippen LogP contribution in [0.2, 0.25) is 5.02 Å². The molecule has 4 nitrogen and oxygen atoms in total. The molecule has 1 atom stereocenters. The second-order valence-electron chi connectivity index (χ2n) is 5.32. The van der Waals surface area contributed by atoms with Gasteiger partial charge in [-0.05, 0) is 31.5 Å². The molecule has 1 heterocycles.